The lowest BCUT2D eigenvalue weighted by Crippen LogP contribution is -2.12. The van der Waals surface area contributed by atoms with E-state index in [0.29, 0.717) is 10.0 Å². The number of benzene rings is 2. The van der Waals surface area contributed by atoms with Crippen LogP contribution in [0.4, 0.5) is 0 Å². The highest BCUT2D eigenvalue weighted by Gasteiger charge is 2.10. The minimum atomic E-state index is -0.175. The van der Waals surface area contributed by atoms with Crippen LogP contribution in [-0.4, -0.2) is 0 Å². The van der Waals surface area contributed by atoms with Gasteiger partial charge in [0.25, 0.3) is 0 Å². The molecule has 0 aliphatic carbocycles. The van der Waals surface area contributed by atoms with Crippen LogP contribution in [0.5, 0.6) is 0 Å². The van der Waals surface area contributed by atoms with E-state index in [0.717, 1.165) is 17.5 Å². The Morgan fingerprint density at radius 2 is 1.72 bits per heavy atom. The molecule has 18 heavy (non-hydrogen) atoms. The first-order valence-electron chi connectivity index (χ1n) is 5.91. The van der Waals surface area contributed by atoms with E-state index < -0.39 is 0 Å². The number of hydrogen-bond acceptors (Lipinski definition) is 1. The van der Waals surface area contributed by atoms with E-state index in [1.54, 1.807) is 6.07 Å². The molecule has 0 heterocycles. The molecule has 2 aromatic rings. The molecular formula is C15H15Cl2N. The predicted molar refractivity (Wildman–Crippen MR) is 78.3 cm³/mol. The average molecular weight is 280 g/mol. The van der Waals surface area contributed by atoms with Crippen molar-refractivity contribution >= 4 is 23.2 Å². The summed E-state index contributed by atoms with van der Waals surface area (Å²) < 4.78 is 0. The fraction of sp³-hybridized carbons (Fsp3) is 0.200. The number of halogens is 2. The van der Waals surface area contributed by atoms with Gasteiger partial charge in [-0.3, -0.25) is 0 Å². The van der Waals surface area contributed by atoms with Crippen LogP contribution in [0.3, 0.4) is 0 Å². The van der Waals surface area contributed by atoms with Crippen molar-refractivity contribution < 1.29 is 0 Å². The second-order valence-electron chi connectivity index (χ2n) is 4.25. The third kappa shape index (κ3) is 2.86. The van der Waals surface area contributed by atoms with E-state index in [2.05, 4.69) is 19.1 Å². The Morgan fingerprint density at radius 3 is 2.39 bits per heavy atom. The molecule has 0 fully saturated rings. The molecule has 1 atom stereocenters. The summed E-state index contributed by atoms with van der Waals surface area (Å²) in [5, 5.41) is 1.09. The molecule has 1 unspecified atom stereocenters. The molecule has 0 bridgehead atoms. The maximum atomic E-state index is 6.26. The van der Waals surface area contributed by atoms with Crippen LogP contribution in [0.1, 0.15) is 29.7 Å². The maximum Gasteiger partial charge on any atom is 0.0595 e. The van der Waals surface area contributed by atoms with Gasteiger partial charge in [0.15, 0.2) is 0 Å². The van der Waals surface area contributed by atoms with Crippen molar-refractivity contribution in [3.63, 3.8) is 0 Å². The predicted octanol–water partition coefficient (Wildman–Crippen LogP) is 4.60. The van der Waals surface area contributed by atoms with Crippen molar-refractivity contribution in [1.29, 1.82) is 0 Å². The van der Waals surface area contributed by atoms with Crippen LogP contribution in [0.2, 0.25) is 10.0 Å². The molecule has 0 saturated heterocycles. The fourth-order valence-electron chi connectivity index (χ4n) is 1.90. The summed E-state index contributed by atoms with van der Waals surface area (Å²) in [6.07, 6.45) is 1.00. The average Bonchev–Trinajstić information content (AvgIpc) is 2.41. The standard InChI is InChI=1S/C15H15Cl2N/c1-2-10-4-3-5-11(8-10)15(18)12-6-7-13(16)14(17)9-12/h3-9,15H,2,18H2,1H3. The summed E-state index contributed by atoms with van der Waals surface area (Å²) in [5.41, 5.74) is 9.60. The van der Waals surface area contributed by atoms with Crippen molar-refractivity contribution in [3.05, 3.63) is 69.2 Å². The maximum absolute atomic E-state index is 6.26. The smallest absolute Gasteiger partial charge is 0.0595 e. The molecule has 0 aliphatic rings. The monoisotopic (exact) mass is 279 g/mol. The zero-order chi connectivity index (χ0) is 13.1. The van der Waals surface area contributed by atoms with Gasteiger partial charge in [0, 0.05) is 0 Å². The second-order valence-corrected chi connectivity index (χ2v) is 5.06. The van der Waals surface area contributed by atoms with Crippen LogP contribution in [0.25, 0.3) is 0 Å². The zero-order valence-electron chi connectivity index (χ0n) is 10.2. The molecule has 0 aliphatic heterocycles. The molecule has 0 aromatic heterocycles. The Balaban J connectivity index is 2.34. The quantitative estimate of drug-likeness (QED) is 0.873. The van der Waals surface area contributed by atoms with Crippen molar-refractivity contribution in [2.24, 2.45) is 5.73 Å². The highest BCUT2D eigenvalue weighted by molar-refractivity contribution is 6.42. The van der Waals surface area contributed by atoms with Crippen molar-refractivity contribution in [2.45, 2.75) is 19.4 Å². The summed E-state index contributed by atoms with van der Waals surface area (Å²) in [4.78, 5) is 0. The third-order valence-corrected chi connectivity index (χ3v) is 3.76. The molecule has 3 heteroatoms. The van der Waals surface area contributed by atoms with Crippen LogP contribution in [-0.2, 0) is 6.42 Å². The Labute approximate surface area is 118 Å². The molecule has 0 amide bonds. The highest BCUT2D eigenvalue weighted by atomic mass is 35.5. The Morgan fingerprint density at radius 1 is 1.00 bits per heavy atom. The van der Waals surface area contributed by atoms with Crippen LogP contribution in [0.15, 0.2) is 42.5 Å². The van der Waals surface area contributed by atoms with Crippen LogP contribution in [0, 0.1) is 0 Å². The van der Waals surface area contributed by atoms with Gasteiger partial charge in [-0.2, -0.15) is 0 Å². The molecule has 2 rings (SSSR count). The van der Waals surface area contributed by atoms with E-state index in [1.807, 2.05) is 24.3 Å². The van der Waals surface area contributed by atoms with Gasteiger partial charge < -0.3 is 5.73 Å². The van der Waals surface area contributed by atoms with Crippen molar-refractivity contribution in [3.8, 4) is 0 Å². The first kappa shape index (κ1) is 13.4. The Bertz CT molecular complexity index is 552. The van der Waals surface area contributed by atoms with E-state index in [9.17, 15) is 0 Å². The summed E-state index contributed by atoms with van der Waals surface area (Å²) in [7, 11) is 0. The van der Waals surface area contributed by atoms with E-state index in [-0.39, 0.29) is 6.04 Å². The van der Waals surface area contributed by atoms with Gasteiger partial charge in [-0.05, 0) is 35.2 Å². The lowest BCUT2D eigenvalue weighted by Gasteiger charge is -2.14. The second kappa shape index (κ2) is 5.75. The minimum absolute atomic E-state index is 0.175. The lowest BCUT2D eigenvalue weighted by atomic mass is 9.97. The van der Waals surface area contributed by atoms with Gasteiger partial charge in [0.2, 0.25) is 0 Å². The van der Waals surface area contributed by atoms with Gasteiger partial charge in [-0.25, -0.2) is 0 Å². The molecule has 0 spiro atoms. The number of nitrogens with two attached hydrogens (primary N) is 1. The topological polar surface area (TPSA) is 26.0 Å². The van der Waals surface area contributed by atoms with Crippen LogP contribution < -0.4 is 5.73 Å². The summed E-state index contributed by atoms with van der Waals surface area (Å²) >= 11 is 11.9. The lowest BCUT2D eigenvalue weighted by molar-refractivity contribution is 0.867. The van der Waals surface area contributed by atoms with E-state index >= 15 is 0 Å². The largest absolute Gasteiger partial charge is 0.320 e. The van der Waals surface area contributed by atoms with Gasteiger partial charge in [0.1, 0.15) is 0 Å². The summed E-state index contributed by atoms with van der Waals surface area (Å²) in [6, 6.07) is 13.6. The minimum Gasteiger partial charge on any atom is -0.320 e. The van der Waals surface area contributed by atoms with Gasteiger partial charge in [0.05, 0.1) is 16.1 Å². The number of hydrogen-bond donors (Lipinski definition) is 1. The Kier molecular flexibility index (Phi) is 4.28. The number of aryl methyl sites for hydroxylation is 1. The first-order valence-corrected chi connectivity index (χ1v) is 6.66. The van der Waals surface area contributed by atoms with Crippen molar-refractivity contribution in [2.75, 3.05) is 0 Å². The van der Waals surface area contributed by atoms with Gasteiger partial charge in [-0.1, -0.05) is 60.5 Å². The number of rotatable bonds is 3. The molecule has 1 nitrogen and oxygen atoms in total. The zero-order valence-corrected chi connectivity index (χ0v) is 11.7. The molecule has 2 N–H and O–H groups in total. The van der Waals surface area contributed by atoms with Crippen LogP contribution >= 0.6 is 23.2 Å². The summed E-state index contributed by atoms with van der Waals surface area (Å²) in [6.45, 7) is 2.13. The summed E-state index contributed by atoms with van der Waals surface area (Å²) in [5.74, 6) is 0. The molecule has 0 saturated carbocycles. The van der Waals surface area contributed by atoms with Gasteiger partial charge >= 0.3 is 0 Å². The highest BCUT2D eigenvalue weighted by Crippen LogP contribution is 2.27. The van der Waals surface area contributed by atoms with Crippen molar-refractivity contribution in [1.82, 2.24) is 0 Å². The van der Waals surface area contributed by atoms with E-state index in [4.69, 9.17) is 28.9 Å². The third-order valence-electron chi connectivity index (χ3n) is 3.02. The Hall–Kier alpha value is -1.02. The van der Waals surface area contributed by atoms with Gasteiger partial charge in [-0.15, -0.1) is 0 Å². The molecule has 2 aromatic carbocycles. The molecular weight excluding hydrogens is 265 g/mol. The van der Waals surface area contributed by atoms with E-state index in [1.165, 1.54) is 5.56 Å². The molecule has 0 radical (unpaired) electrons. The normalized spacial score (nSPS) is 12.4. The fourth-order valence-corrected chi connectivity index (χ4v) is 2.21. The SMILES string of the molecule is CCc1cccc(C(N)c2ccc(Cl)c(Cl)c2)c1. The first-order chi connectivity index (χ1) is 8.61. The molecule has 94 valence electrons.